The maximum absolute atomic E-state index is 12.4. The van der Waals surface area contributed by atoms with Gasteiger partial charge in [0.2, 0.25) is 5.76 Å². The summed E-state index contributed by atoms with van der Waals surface area (Å²) in [5, 5.41) is 1.83. The van der Waals surface area contributed by atoms with E-state index < -0.39 is 12.1 Å². The van der Waals surface area contributed by atoms with Gasteiger partial charge in [-0.05, 0) is 50.6 Å². The fourth-order valence-corrected chi connectivity index (χ4v) is 4.07. The van der Waals surface area contributed by atoms with E-state index in [1.54, 1.807) is 31.2 Å². The summed E-state index contributed by atoms with van der Waals surface area (Å²) in [5.41, 5.74) is 1.22. The Bertz CT molecular complexity index is 1250. The van der Waals surface area contributed by atoms with Gasteiger partial charge in [0.1, 0.15) is 10.4 Å². The molecule has 0 spiro atoms. The molecule has 0 saturated heterocycles. The van der Waals surface area contributed by atoms with Crippen molar-refractivity contribution in [3.8, 4) is 0 Å². The van der Waals surface area contributed by atoms with E-state index in [9.17, 15) is 9.59 Å². The average molecular weight is 403 g/mol. The fourth-order valence-electron chi connectivity index (χ4n) is 2.85. The van der Waals surface area contributed by atoms with Gasteiger partial charge in [0, 0.05) is 15.3 Å². The average Bonchev–Trinajstić information content (AvgIpc) is 3.15. The third-order valence-corrected chi connectivity index (χ3v) is 5.74. The Balaban J connectivity index is 1.62. The number of hydrogen-bond donors (Lipinski definition) is 1. The van der Waals surface area contributed by atoms with E-state index in [-0.39, 0.29) is 11.3 Å². The van der Waals surface area contributed by atoms with Crippen LogP contribution in [0.1, 0.15) is 39.8 Å². The molecule has 0 radical (unpaired) electrons. The van der Waals surface area contributed by atoms with Crippen LogP contribution in [0.15, 0.2) is 33.5 Å². The second-order valence-corrected chi connectivity index (χ2v) is 7.89. The van der Waals surface area contributed by atoms with Crippen molar-refractivity contribution in [2.75, 3.05) is 0 Å². The largest absolute Gasteiger partial charge is 0.449 e. The molecule has 0 aliphatic heterocycles. The zero-order valence-corrected chi connectivity index (χ0v) is 16.3. The van der Waals surface area contributed by atoms with Crippen molar-refractivity contribution >= 4 is 50.1 Å². The van der Waals surface area contributed by atoms with Gasteiger partial charge in [-0.2, -0.15) is 0 Å². The number of thiophene rings is 1. The van der Waals surface area contributed by atoms with Crippen molar-refractivity contribution in [3.63, 3.8) is 0 Å². The molecule has 3 heterocycles. The maximum atomic E-state index is 12.4. The summed E-state index contributed by atoms with van der Waals surface area (Å²) >= 11 is 7.39. The number of H-pyrrole nitrogens is 1. The number of carbonyl (C=O) groups is 1. The maximum Gasteiger partial charge on any atom is 0.374 e. The number of rotatable bonds is 3. The molecule has 6 nitrogen and oxygen atoms in total. The number of aryl methyl sites for hydroxylation is 2. The number of nitrogens with one attached hydrogen (secondary N) is 1. The molecule has 1 aromatic carbocycles. The quantitative estimate of drug-likeness (QED) is 0.491. The summed E-state index contributed by atoms with van der Waals surface area (Å²) in [7, 11) is 0. The Labute approximate surface area is 162 Å². The lowest BCUT2D eigenvalue weighted by Crippen LogP contribution is -2.17. The first-order valence-corrected chi connectivity index (χ1v) is 9.43. The predicted octanol–water partition coefficient (Wildman–Crippen LogP) is 4.92. The highest BCUT2D eigenvalue weighted by Gasteiger charge is 2.21. The molecule has 4 rings (SSSR count). The molecule has 3 aromatic heterocycles. The summed E-state index contributed by atoms with van der Waals surface area (Å²) in [4.78, 5) is 33.6. The number of furan rings is 1. The number of esters is 1. The Morgan fingerprint density at radius 2 is 2.11 bits per heavy atom. The topological polar surface area (TPSA) is 85.2 Å². The predicted molar refractivity (Wildman–Crippen MR) is 105 cm³/mol. The molecule has 0 saturated carbocycles. The Morgan fingerprint density at radius 3 is 2.89 bits per heavy atom. The van der Waals surface area contributed by atoms with E-state index in [1.165, 1.54) is 11.3 Å². The van der Waals surface area contributed by atoms with Gasteiger partial charge in [0.25, 0.3) is 5.56 Å². The summed E-state index contributed by atoms with van der Waals surface area (Å²) < 4.78 is 10.9. The van der Waals surface area contributed by atoms with Gasteiger partial charge in [0.15, 0.2) is 11.9 Å². The summed E-state index contributed by atoms with van der Waals surface area (Å²) in [5.74, 6) is -0.289. The number of nitrogens with zero attached hydrogens (tertiary/aromatic N) is 1. The first-order chi connectivity index (χ1) is 12.8. The molecule has 1 N–H and O–H groups in total. The van der Waals surface area contributed by atoms with Crippen LogP contribution in [0, 0.1) is 13.8 Å². The first-order valence-electron chi connectivity index (χ1n) is 8.23. The van der Waals surface area contributed by atoms with Crippen LogP contribution in [0.5, 0.6) is 0 Å². The lowest BCUT2D eigenvalue weighted by Gasteiger charge is -2.11. The number of carbonyl (C=O) groups excluding carboxylic acids is 1. The van der Waals surface area contributed by atoms with Crippen LogP contribution >= 0.6 is 22.9 Å². The van der Waals surface area contributed by atoms with Crippen molar-refractivity contribution in [2.45, 2.75) is 26.9 Å². The molecular formula is C19H15ClN2O4S. The van der Waals surface area contributed by atoms with E-state index >= 15 is 0 Å². The van der Waals surface area contributed by atoms with Crippen LogP contribution in [0.25, 0.3) is 21.2 Å². The van der Waals surface area contributed by atoms with Crippen molar-refractivity contribution < 1.29 is 13.9 Å². The number of fused-ring (bicyclic) bond motifs is 2. The van der Waals surface area contributed by atoms with Crippen molar-refractivity contribution in [1.29, 1.82) is 0 Å². The van der Waals surface area contributed by atoms with E-state index in [2.05, 4.69) is 9.97 Å². The Kier molecular flexibility index (Phi) is 4.28. The van der Waals surface area contributed by atoms with Gasteiger partial charge < -0.3 is 14.1 Å². The third-order valence-electron chi connectivity index (χ3n) is 4.41. The standard InChI is InChI=1S/C19H15ClN2O4S/c1-8-10(3)27-18-15(8)17(23)21-16(22-18)9(2)25-19(24)14-7-11-6-12(20)4-5-13(11)26-14/h4-7,9H,1-3H3,(H,21,22,23)/t9-/m0/s1. The van der Waals surface area contributed by atoms with Gasteiger partial charge >= 0.3 is 5.97 Å². The van der Waals surface area contributed by atoms with Crippen LogP contribution in [0.4, 0.5) is 0 Å². The molecular weight excluding hydrogens is 388 g/mol. The van der Waals surface area contributed by atoms with Gasteiger partial charge in [-0.25, -0.2) is 9.78 Å². The Morgan fingerprint density at radius 1 is 1.33 bits per heavy atom. The minimum absolute atomic E-state index is 0.0605. The van der Waals surface area contributed by atoms with Crippen molar-refractivity contribution in [2.24, 2.45) is 0 Å². The SMILES string of the molecule is Cc1sc2nc([C@H](C)OC(=O)c3cc4cc(Cl)ccc4o3)[nH]c(=O)c2c1C. The number of aromatic amines is 1. The molecule has 0 bridgehead atoms. The third kappa shape index (κ3) is 3.13. The van der Waals surface area contributed by atoms with Gasteiger partial charge in [0.05, 0.1) is 5.39 Å². The van der Waals surface area contributed by atoms with Crippen LogP contribution in [-0.4, -0.2) is 15.9 Å². The highest BCUT2D eigenvalue weighted by Crippen LogP contribution is 2.28. The summed E-state index contributed by atoms with van der Waals surface area (Å²) in [6.45, 7) is 5.48. The van der Waals surface area contributed by atoms with Crippen LogP contribution in [0.2, 0.25) is 5.02 Å². The molecule has 1 atom stereocenters. The number of benzene rings is 1. The van der Waals surface area contributed by atoms with E-state index in [0.717, 1.165) is 10.4 Å². The zero-order valence-electron chi connectivity index (χ0n) is 14.8. The fraction of sp³-hybridized carbons (Fsp3) is 0.211. The van der Waals surface area contributed by atoms with Crippen LogP contribution in [-0.2, 0) is 4.74 Å². The lowest BCUT2D eigenvalue weighted by atomic mass is 10.2. The highest BCUT2D eigenvalue weighted by molar-refractivity contribution is 7.18. The molecule has 0 amide bonds. The summed E-state index contributed by atoms with van der Waals surface area (Å²) in [6, 6.07) is 6.64. The van der Waals surface area contributed by atoms with Crippen LogP contribution < -0.4 is 5.56 Å². The smallest absolute Gasteiger partial charge is 0.374 e. The molecule has 0 fully saturated rings. The lowest BCUT2D eigenvalue weighted by molar-refractivity contribution is 0.0286. The second-order valence-electron chi connectivity index (χ2n) is 6.25. The van der Waals surface area contributed by atoms with E-state index in [1.807, 2.05) is 13.8 Å². The van der Waals surface area contributed by atoms with Crippen LogP contribution in [0.3, 0.4) is 0 Å². The highest BCUT2D eigenvalue weighted by atomic mass is 35.5. The monoisotopic (exact) mass is 402 g/mol. The normalized spacial score (nSPS) is 12.6. The zero-order chi connectivity index (χ0) is 19.3. The summed E-state index contributed by atoms with van der Waals surface area (Å²) in [6.07, 6.45) is -0.742. The van der Waals surface area contributed by atoms with Gasteiger partial charge in [-0.1, -0.05) is 11.6 Å². The van der Waals surface area contributed by atoms with Gasteiger partial charge in [-0.3, -0.25) is 4.79 Å². The molecule has 4 aromatic rings. The number of hydrogen-bond acceptors (Lipinski definition) is 6. The molecule has 0 aliphatic carbocycles. The molecule has 138 valence electrons. The number of aromatic nitrogens is 2. The first kappa shape index (κ1) is 17.8. The molecule has 27 heavy (non-hydrogen) atoms. The molecule has 0 unspecified atom stereocenters. The van der Waals surface area contributed by atoms with E-state index in [0.29, 0.717) is 32.0 Å². The minimum Gasteiger partial charge on any atom is -0.449 e. The van der Waals surface area contributed by atoms with Crippen molar-refractivity contribution in [3.05, 3.63) is 61.7 Å². The number of ether oxygens (including phenoxy) is 1. The second kappa shape index (κ2) is 6.51. The minimum atomic E-state index is -0.742. The van der Waals surface area contributed by atoms with Gasteiger partial charge in [-0.15, -0.1) is 11.3 Å². The Hall–Kier alpha value is -2.64. The van der Waals surface area contributed by atoms with E-state index in [4.69, 9.17) is 20.8 Å². The van der Waals surface area contributed by atoms with Crippen molar-refractivity contribution in [1.82, 2.24) is 9.97 Å². The number of halogens is 1. The molecule has 0 aliphatic rings. The molecule has 8 heteroatoms.